The van der Waals surface area contributed by atoms with Gasteiger partial charge in [-0.3, -0.25) is 0 Å². The highest BCUT2D eigenvalue weighted by Gasteiger charge is 2.43. The molecule has 0 spiro atoms. The Hall–Kier alpha value is -0.540. The molecule has 0 saturated heterocycles. The van der Waals surface area contributed by atoms with Gasteiger partial charge < -0.3 is 10.5 Å². The molecule has 2 rings (SSSR count). The van der Waals surface area contributed by atoms with Crippen molar-refractivity contribution in [2.45, 2.75) is 44.6 Å². The highest BCUT2D eigenvalue weighted by molar-refractivity contribution is 9.10. The van der Waals surface area contributed by atoms with Gasteiger partial charge in [-0.2, -0.15) is 0 Å². The monoisotopic (exact) mass is 297 g/mol. The van der Waals surface area contributed by atoms with Gasteiger partial charge in [-0.25, -0.2) is 0 Å². The van der Waals surface area contributed by atoms with E-state index in [2.05, 4.69) is 48.8 Å². The predicted octanol–water partition coefficient (Wildman–Crippen LogP) is 3.70. The first-order chi connectivity index (χ1) is 7.78. The van der Waals surface area contributed by atoms with Crippen LogP contribution in [0.25, 0.3) is 0 Å². The minimum absolute atomic E-state index is 0.0507. The number of nitrogens with two attached hydrogens (primary N) is 1. The van der Waals surface area contributed by atoms with Crippen LogP contribution < -0.4 is 10.5 Å². The lowest BCUT2D eigenvalue weighted by molar-refractivity contribution is 0.387. The largest absolute Gasteiger partial charge is 0.496 e. The summed E-state index contributed by atoms with van der Waals surface area (Å²) in [5, 5.41) is 0. The van der Waals surface area contributed by atoms with Crippen LogP contribution in [0.3, 0.4) is 0 Å². The fourth-order valence-electron chi connectivity index (χ4n) is 2.14. The van der Waals surface area contributed by atoms with E-state index in [1.807, 2.05) is 0 Å². The van der Waals surface area contributed by atoms with Crippen molar-refractivity contribution in [2.75, 3.05) is 7.11 Å². The van der Waals surface area contributed by atoms with Gasteiger partial charge in [0.1, 0.15) is 5.75 Å². The van der Waals surface area contributed by atoms with E-state index in [9.17, 15) is 0 Å². The maximum Gasteiger partial charge on any atom is 0.127 e. The van der Waals surface area contributed by atoms with E-state index in [0.717, 1.165) is 28.6 Å². The van der Waals surface area contributed by atoms with Gasteiger partial charge in [-0.05, 0) is 30.4 Å². The van der Waals surface area contributed by atoms with Gasteiger partial charge >= 0.3 is 0 Å². The van der Waals surface area contributed by atoms with E-state index in [1.165, 1.54) is 5.56 Å². The maximum absolute atomic E-state index is 6.32. The van der Waals surface area contributed by atoms with Crippen molar-refractivity contribution in [2.24, 2.45) is 5.73 Å². The van der Waals surface area contributed by atoms with Crippen LogP contribution in [0.1, 0.15) is 44.7 Å². The quantitative estimate of drug-likeness (QED) is 0.903. The lowest BCUT2D eigenvalue weighted by Crippen LogP contribution is -2.22. The van der Waals surface area contributed by atoms with E-state index < -0.39 is 0 Å². The highest BCUT2D eigenvalue weighted by Crippen LogP contribution is 2.50. The van der Waals surface area contributed by atoms with Crippen LogP contribution in [-0.4, -0.2) is 7.11 Å². The van der Waals surface area contributed by atoms with Gasteiger partial charge in [0, 0.05) is 21.1 Å². The van der Waals surface area contributed by atoms with Crippen LogP contribution in [-0.2, 0) is 11.0 Å². The molecule has 0 unspecified atom stereocenters. The van der Waals surface area contributed by atoms with Crippen LogP contribution >= 0.6 is 15.9 Å². The molecule has 3 heteroatoms. The molecule has 1 aliphatic carbocycles. The molecule has 0 radical (unpaired) electrons. The smallest absolute Gasteiger partial charge is 0.127 e. The number of halogens is 1. The summed E-state index contributed by atoms with van der Waals surface area (Å²) in [4.78, 5) is 0. The molecule has 0 atom stereocenters. The Morgan fingerprint density at radius 1 is 1.29 bits per heavy atom. The summed E-state index contributed by atoms with van der Waals surface area (Å²) in [6.45, 7) is 6.57. The molecule has 17 heavy (non-hydrogen) atoms. The number of ether oxygens (including phenoxy) is 1. The molecule has 1 fully saturated rings. The van der Waals surface area contributed by atoms with E-state index in [-0.39, 0.29) is 11.0 Å². The number of rotatable bonds is 2. The molecule has 1 aromatic carbocycles. The van der Waals surface area contributed by atoms with Crippen molar-refractivity contribution in [3.8, 4) is 5.75 Å². The van der Waals surface area contributed by atoms with E-state index in [4.69, 9.17) is 10.5 Å². The van der Waals surface area contributed by atoms with E-state index in [0.29, 0.717) is 0 Å². The Kier molecular flexibility index (Phi) is 3.03. The molecular formula is C14H20BrNO. The van der Waals surface area contributed by atoms with Gasteiger partial charge in [0.15, 0.2) is 0 Å². The summed E-state index contributed by atoms with van der Waals surface area (Å²) >= 11 is 3.58. The molecule has 0 bridgehead atoms. The minimum atomic E-state index is -0.172. The molecule has 1 aliphatic rings. The Labute approximate surface area is 112 Å². The number of methoxy groups -OCH3 is 1. The molecule has 2 N–H and O–H groups in total. The van der Waals surface area contributed by atoms with Crippen molar-refractivity contribution in [1.82, 2.24) is 0 Å². The lowest BCUT2D eigenvalue weighted by Gasteiger charge is -2.26. The first-order valence-corrected chi connectivity index (χ1v) is 6.74. The Morgan fingerprint density at radius 2 is 1.88 bits per heavy atom. The summed E-state index contributed by atoms with van der Waals surface area (Å²) in [5.74, 6) is 0.959. The van der Waals surface area contributed by atoms with E-state index in [1.54, 1.807) is 7.11 Å². The fourth-order valence-corrected chi connectivity index (χ4v) is 2.60. The predicted molar refractivity (Wildman–Crippen MR) is 74.5 cm³/mol. The number of benzene rings is 1. The standard InChI is InChI=1S/C14H20BrNO/c1-13(2,3)10-7-9(15)8-11(12(10)17-4)14(16)5-6-14/h7-8H,5-6,16H2,1-4H3. The van der Waals surface area contributed by atoms with Crippen LogP contribution in [0.2, 0.25) is 0 Å². The van der Waals surface area contributed by atoms with E-state index >= 15 is 0 Å². The highest BCUT2D eigenvalue weighted by atomic mass is 79.9. The normalized spacial score (nSPS) is 18.0. The maximum atomic E-state index is 6.32. The molecule has 2 nitrogen and oxygen atoms in total. The average molecular weight is 298 g/mol. The van der Waals surface area contributed by atoms with Crippen molar-refractivity contribution in [3.63, 3.8) is 0 Å². The third-order valence-electron chi connectivity index (χ3n) is 3.39. The third kappa shape index (κ3) is 2.36. The lowest BCUT2D eigenvalue weighted by atomic mass is 9.84. The number of hydrogen-bond acceptors (Lipinski definition) is 2. The van der Waals surface area contributed by atoms with Gasteiger partial charge in [0.05, 0.1) is 7.11 Å². The van der Waals surface area contributed by atoms with Crippen LogP contribution in [0, 0.1) is 0 Å². The van der Waals surface area contributed by atoms with Crippen LogP contribution in [0.15, 0.2) is 16.6 Å². The zero-order chi connectivity index (χ0) is 12.8. The summed E-state index contributed by atoms with van der Waals surface area (Å²) in [5.41, 5.74) is 8.55. The van der Waals surface area contributed by atoms with Gasteiger partial charge in [-0.15, -0.1) is 0 Å². The molecular weight excluding hydrogens is 278 g/mol. The van der Waals surface area contributed by atoms with Gasteiger partial charge in [-0.1, -0.05) is 36.7 Å². The fraction of sp³-hybridized carbons (Fsp3) is 0.571. The summed E-state index contributed by atoms with van der Waals surface area (Å²) in [6.07, 6.45) is 2.09. The van der Waals surface area contributed by atoms with Gasteiger partial charge in [0.2, 0.25) is 0 Å². The Bertz CT molecular complexity index is 418. The topological polar surface area (TPSA) is 35.2 Å². The molecule has 1 saturated carbocycles. The van der Waals surface area contributed by atoms with Gasteiger partial charge in [0.25, 0.3) is 0 Å². The molecule has 0 aliphatic heterocycles. The second-order valence-electron chi connectivity index (χ2n) is 5.94. The summed E-state index contributed by atoms with van der Waals surface area (Å²) in [7, 11) is 1.73. The second-order valence-corrected chi connectivity index (χ2v) is 6.86. The average Bonchev–Trinajstić information content (AvgIpc) is 2.95. The zero-order valence-corrected chi connectivity index (χ0v) is 12.5. The third-order valence-corrected chi connectivity index (χ3v) is 3.85. The second kappa shape index (κ2) is 3.99. The van der Waals surface area contributed by atoms with Crippen LogP contribution in [0.4, 0.5) is 0 Å². The van der Waals surface area contributed by atoms with Crippen molar-refractivity contribution >= 4 is 15.9 Å². The number of hydrogen-bond donors (Lipinski definition) is 1. The van der Waals surface area contributed by atoms with Crippen LogP contribution in [0.5, 0.6) is 5.75 Å². The molecule has 0 aromatic heterocycles. The molecule has 94 valence electrons. The van der Waals surface area contributed by atoms with Crippen molar-refractivity contribution in [3.05, 3.63) is 27.7 Å². The molecule has 1 aromatic rings. The Morgan fingerprint density at radius 3 is 2.29 bits per heavy atom. The molecule has 0 heterocycles. The Balaban J connectivity index is 2.64. The minimum Gasteiger partial charge on any atom is -0.496 e. The summed E-state index contributed by atoms with van der Waals surface area (Å²) < 4.78 is 6.70. The van der Waals surface area contributed by atoms with Crippen molar-refractivity contribution in [1.29, 1.82) is 0 Å². The summed E-state index contributed by atoms with van der Waals surface area (Å²) in [6, 6.07) is 4.23. The first kappa shape index (κ1) is 12.9. The first-order valence-electron chi connectivity index (χ1n) is 5.95. The molecule has 0 amide bonds. The van der Waals surface area contributed by atoms with Crippen molar-refractivity contribution < 1.29 is 4.74 Å². The zero-order valence-electron chi connectivity index (χ0n) is 10.9. The SMILES string of the molecule is COc1c(C(C)(C)C)cc(Br)cc1C1(N)CC1.